The van der Waals surface area contributed by atoms with Crippen LogP contribution in [0.15, 0.2) is 36.4 Å². The molecule has 0 aromatic heterocycles. The first-order chi connectivity index (χ1) is 8.33. The van der Waals surface area contributed by atoms with Crippen LogP contribution in [0.5, 0.6) is 0 Å². The van der Waals surface area contributed by atoms with E-state index >= 15 is 0 Å². The van der Waals surface area contributed by atoms with Crippen molar-refractivity contribution in [2.45, 2.75) is 12.8 Å². The van der Waals surface area contributed by atoms with Crippen LogP contribution in [0.4, 0.5) is 0 Å². The van der Waals surface area contributed by atoms with Gasteiger partial charge in [0.25, 0.3) is 0 Å². The summed E-state index contributed by atoms with van der Waals surface area (Å²) in [7, 11) is 1.59. The van der Waals surface area contributed by atoms with E-state index in [1.165, 1.54) is 5.56 Å². The average molecular weight is 233 g/mol. The molecule has 92 valence electrons. The molecular formula is C14H19NO2. The van der Waals surface area contributed by atoms with Gasteiger partial charge in [-0.2, -0.15) is 0 Å². The second kappa shape index (κ2) is 8.53. The van der Waals surface area contributed by atoms with Crippen LogP contribution in [-0.4, -0.2) is 26.2 Å². The van der Waals surface area contributed by atoms with Gasteiger partial charge in [-0.15, -0.1) is 0 Å². The van der Waals surface area contributed by atoms with Crippen LogP contribution in [0.1, 0.15) is 18.4 Å². The molecule has 0 atom stereocenters. The predicted octanol–water partition coefficient (Wildman–Crippen LogP) is 2.24. The van der Waals surface area contributed by atoms with Crippen molar-refractivity contribution >= 4 is 12.0 Å². The SMILES string of the molecule is COCCC(=O)NCC/C=C\c1ccccc1. The van der Waals surface area contributed by atoms with Gasteiger partial charge in [0.15, 0.2) is 0 Å². The lowest BCUT2D eigenvalue weighted by Crippen LogP contribution is -2.24. The molecule has 0 radical (unpaired) electrons. The quantitative estimate of drug-likeness (QED) is 0.733. The Hall–Kier alpha value is -1.61. The Morgan fingerprint density at radius 2 is 2.12 bits per heavy atom. The summed E-state index contributed by atoms with van der Waals surface area (Å²) in [6.45, 7) is 1.15. The van der Waals surface area contributed by atoms with Crippen LogP contribution in [0.3, 0.4) is 0 Å². The molecule has 0 saturated carbocycles. The Morgan fingerprint density at radius 1 is 1.35 bits per heavy atom. The lowest BCUT2D eigenvalue weighted by molar-refractivity contribution is -0.121. The summed E-state index contributed by atoms with van der Waals surface area (Å²) in [5.74, 6) is 0.0416. The fraction of sp³-hybridized carbons (Fsp3) is 0.357. The second-order valence-electron chi connectivity index (χ2n) is 3.69. The van der Waals surface area contributed by atoms with E-state index in [4.69, 9.17) is 4.74 Å². The minimum absolute atomic E-state index is 0.0416. The molecule has 0 heterocycles. The molecule has 1 aromatic rings. The summed E-state index contributed by atoms with van der Waals surface area (Å²) in [6, 6.07) is 10.1. The number of hydrogen-bond acceptors (Lipinski definition) is 2. The predicted molar refractivity (Wildman–Crippen MR) is 69.6 cm³/mol. The molecule has 3 heteroatoms. The topological polar surface area (TPSA) is 38.3 Å². The van der Waals surface area contributed by atoms with Crippen molar-refractivity contribution < 1.29 is 9.53 Å². The molecule has 0 aliphatic rings. The van der Waals surface area contributed by atoms with Crippen molar-refractivity contribution in [3.8, 4) is 0 Å². The van der Waals surface area contributed by atoms with Crippen LogP contribution < -0.4 is 5.32 Å². The minimum Gasteiger partial charge on any atom is -0.384 e. The lowest BCUT2D eigenvalue weighted by Gasteiger charge is -2.02. The van der Waals surface area contributed by atoms with Crippen LogP contribution >= 0.6 is 0 Å². The van der Waals surface area contributed by atoms with Gasteiger partial charge in [0, 0.05) is 20.1 Å². The molecule has 0 fully saturated rings. The van der Waals surface area contributed by atoms with Gasteiger partial charge < -0.3 is 10.1 Å². The standard InChI is InChI=1S/C14H19NO2/c1-17-12-10-14(16)15-11-6-5-9-13-7-3-2-4-8-13/h2-5,7-9H,6,10-12H2,1H3,(H,15,16)/b9-5-. The van der Waals surface area contributed by atoms with Crippen molar-refractivity contribution in [3.63, 3.8) is 0 Å². The summed E-state index contributed by atoms with van der Waals surface area (Å²) < 4.78 is 4.82. The number of carbonyl (C=O) groups excluding carboxylic acids is 1. The van der Waals surface area contributed by atoms with E-state index in [2.05, 4.69) is 17.5 Å². The number of rotatable bonds is 7. The number of amides is 1. The van der Waals surface area contributed by atoms with E-state index in [1.54, 1.807) is 7.11 Å². The van der Waals surface area contributed by atoms with Crippen molar-refractivity contribution in [2.75, 3.05) is 20.3 Å². The zero-order valence-corrected chi connectivity index (χ0v) is 10.2. The van der Waals surface area contributed by atoms with Gasteiger partial charge in [-0.05, 0) is 12.0 Å². The van der Waals surface area contributed by atoms with Gasteiger partial charge in [0.2, 0.25) is 5.91 Å². The van der Waals surface area contributed by atoms with E-state index in [-0.39, 0.29) is 5.91 Å². The monoisotopic (exact) mass is 233 g/mol. The van der Waals surface area contributed by atoms with E-state index in [1.807, 2.05) is 30.3 Å². The smallest absolute Gasteiger partial charge is 0.222 e. The largest absolute Gasteiger partial charge is 0.384 e. The summed E-state index contributed by atoms with van der Waals surface area (Å²) in [4.78, 5) is 11.2. The molecule has 0 aliphatic heterocycles. The highest BCUT2D eigenvalue weighted by molar-refractivity contribution is 5.75. The Kier molecular flexibility index (Phi) is 6.75. The highest BCUT2D eigenvalue weighted by Crippen LogP contribution is 2.01. The Morgan fingerprint density at radius 3 is 2.82 bits per heavy atom. The molecule has 1 amide bonds. The summed E-state index contributed by atoms with van der Waals surface area (Å²) in [6.07, 6.45) is 5.39. The zero-order chi connectivity index (χ0) is 12.3. The summed E-state index contributed by atoms with van der Waals surface area (Å²) >= 11 is 0. The molecule has 1 aromatic carbocycles. The number of nitrogens with one attached hydrogen (secondary N) is 1. The molecule has 0 saturated heterocycles. The van der Waals surface area contributed by atoms with Crippen LogP contribution in [0, 0.1) is 0 Å². The van der Waals surface area contributed by atoms with Crippen LogP contribution in [0.2, 0.25) is 0 Å². The Bertz CT molecular complexity index is 346. The van der Waals surface area contributed by atoms with E-state index < -0.39 is 0 Å². The molecule has 1 rings (SSSR count). The Balaban J connectivity index is 2.12. The van der Waals surface area contributed by atoms with Crippen molar-refractivity contribution in [1.82, 2.24) is 5.32 Å². The normalized spacial score (nSPS) is 10.6. The molecule has 1 N–H and O–H groups in total. The maximum atomic E-state index is 11.2. The molecule has 0 unspecified atom stereocenters. The number of hydrogen-bond donors (Lipinski definition) is 1. The molecular weight excluding hydrogens is 214 g/mol. The molecule has 0 bridgehead atoms. The van der Waals surface area contributed by atoms with E-state index in [0.29, 0.717) is 19.6 Å². The second-order valence-corrected chi connectivity index (χ2v) is 3.69. The number of carbonyl (C=O) groups is 1. The zero-order valence-electron chi connectivity index (χ0n) is 10.2. The lowest BCUT2D eigenvalue weighted by atomic mass is 10.2. The summed E-state index contributed by atoms with van der Waals surface area (Å²) in [5, 5.41) is 2.83. The van der Waals surface area contributed by atoms with Gasteiger partial charge in [0.1, 0.15) is 0 Å². The number of benzene rings is 1. The summed E-state index contributed by atoms with van der Waals surface area (Å²) in [5.41, 5.74) is 1.18. The third-order valence-corrected chi connectivity index (χ3v) is 2.28. The van der Waals surface area contributed by atoms with Crippen molar-refractivity contribution in [3.05, 3.63) is 42.0 Å². The van der Waals surface area contributed by atoms with Gasteiger partial charge in [0.05, 0.1) is 6.61 Å². The minimum atomic E-state index is 0.0416. The molecule has 0 spiro atoms. The van der Waals surface area contributed by atoms with Crippen LogP contribution in [-0.2, 0) is 9.53 Å². The third-order valence-electron chi connectivity index (χ3n) is 2.28. The van der Waals surface area contributed by atoms with Crippen molar-refractivity contribution in [1.29, 1.82) is 0 Å². The van der Waals surface area contributed by atoms with E-state index in [0.717, 1.165) is 6.42 Å². The van der Waals surface area contributed by atoms with Gasteiger partial charge in [-0.3, -0.25) is 4.79 Å². The van der Waals surface area contributed by atoms with E-state index in [9.17, 15) is 4.79 Å². The van der Waals surface area contributed by atoms with Gasteiger partial charge >= 0.3 is 0 Å². The fourth-order valence-electron chi connectivity index (χ4n) is 1.36. The number of methoxy groups -OCH3 is 1. The first kappa shape index (κ1) is 13.5. The maximum absolute atomic E-state index is 11.2. The first-order valence-corrected chi connectivity index (χ1v) is 5.80. The fourth-order valence-corrected chi connectivity index (χ4v) is 1.36. The Labute approximate surface area is 102 Å². The molecule has 17 heavy (non-hydrogen) atoms. The highest BCUT2D eigenvalue weighted by Gasteiger charge is 1.97. The first-order valence-electron chi connectivity index (χ1n) is 5.80. The van der Waals surface area contributed by atoms with Gasteiger partial charge in [-0.25, -0.2) is 0 Å². The molecule has 3 nitrogen and oxygen atoms in total. The van der Waals surface area contributed by atoms with Crippen LogP contribution in [0.25, 0.3) is 6.08 Å². The molecule has 0 aliphatic carbocycles. The number of ether oxygens (including phenoxy) is 1. The average Bonchev–Trinajstić information content (AvgIpc) is 2.37. The maximum Gasteiger partial charge on any atom is 0.222 e. The highest BCUT2D eigenvalue weighted by atomic mass is 16.5. The third kappa shape index (κ3) is 6.53. The van der Waals surface area contributed by atoms with Gasteiger partial charge in [-0.1, -0.05) is 42.5 Å². The van der Waals surface area contributed by atoms with Crippen molar-refractivity contribution in [2.24, 2.45) is 0 Å².